The zero-order valence-corrected chi connectivity index (χ0v) is 12.7. The van der Waals surface area contributed by atoms with Crippen molar-refractivity contribution in [3.8, 4) is 0 Å². The van der Waals surface area contributed by atoms with Gasteiger partial charge in [0.1, 0.15) is 0 Å². The Morgan fingerprint density at radius 3 is 2.41 bits per heavy atom. The molecule has 1 atom stereocenters. The summed E-state index contributed by atoms with van der Waals surface area (Å²) in [6.07, 6.45) is 2.08. The average molecular weight is 273 g/mol. The Balaban J connectivity index is 2.94. The average Bonchev–Trinajstić information content (AvgIpc) is 2.28. The van der Waals surface area contributed by atoms with Crippen molar-refractivity contribution in [1.82, 2.24) is 0 Å². The van der Waals surface area contributed by atoms with Crippen molar-refractivity contribution in [2.75, 3.05) is 5.88 Å². The zero-order chi connectivity index (χ0) is 13.1. The highest BCUT2D eigenvalue weighted by Gasteiger charge is 2.21. The molecule has 0 amide bonds. The van der Waals surface area contributed by atoms with Gasteiger partial charge < -0.3 is 0 Å². The minimum atomic E-state index is 0.147. The Hall–Kier alpha value is -0.200. The summed E-state index contributed by atoms with van der Waals surface area (Å²) >= 11 is 12.2. The van der Waals surface area contributed by atoms with Gasteiger partial charge in [0.05, 0.1) is 0 Å². The molecule has 1 aromatic carbocycles. The second-order valence-electron chi connectivity index (χ2n) is 5.52. The number of alkyl halides is 1. The molecule has 0 bridgehead atoms. The summed E-state index contributed by atoms with van der Waals surface area (Å²) in [7, 11) is 0. The molecule has 2 heteroatoms. The molecular formula is C15H22Cl2. The van der Waals surface area contributed by atoms with Gasteiger partial charge in [0.15, 0.2) is 0 Å². The topological polar surface area (TPSA) is 0 Å². The zero-order valence-electron chi connectivity index (χ0n) is 11.2. The van der Waals surface area contributed by atoms with E-state index in [4.69, 9.17) is 23.2 Å². The van der Waals surface area contributed by atoms with Gasteiger partial charge in [-0.05, 0) is 41.4 Å². The summed E-state index contributed by atoms with van der Waals surface area (Å²) < 4.78 is 0. The maximum atomic E-state index is 6.39. The van der Waals surface area contributed by atoms with Crippen LogP contribution in [0.3, 0.4) is 0 Å². The molecule has 17 heavy (non-hydrogen) atoms. The normalized spacial score (nSPS) is 13.8. The molecule has 0 heterocycles. The molecule has 0 aliphatic heterocycles. The standard InChI is InChI=1S/C15H22Cl2/c1-5-15(3,4)13-7-6-12(9-14(13)17)8-11(2)10-16/h6-7,9,11H,5,8,10H2,1-4H3. The Kier molecular flexibility index (Phi) is 5.34. The van der Waals surface area contributed by atoms with Crippen LogP contribution in [0.2, 0.25) is 5.02 Å². The Bertz CT molecular complexity index is 369. The molecule has 0 radical (unpaired) electrons. The van der Waals surface area contributed by atoms with Gasteiger partial charge in [-0.25, -0.2) is 0 Å². The first kappa shape index (κ1) is 14.9. The lowest BCUT2D eigenvalue weighted by Crippen LogP contribution is -2.16. The van der Waals surface area contributed by atoms with Crippen molar-refractivity contribution in [1.29, 1.82) is 0 Å². The molecule has 0 aliphatic carbocycles. The van der Waals surface area contributed by atoms with Crippen LogP contribution in [0.5, 0.6) is 0 Å². The summed E-state index contributed by atoms with van der Waals surface area (Å²) in [6, 6.07) is 6.45. The predicted octanol–water partition coefficient (Wildman–Crippen LogP) is 5.45. The molecule has 1 unspecified atom stereocenters. The maximum Gasteiger partial charge on any atom is 0.0446 e. The number of halogens is 2. The van der Waals surface area contributed by atoms with Gasteiger partial charge in [-0.3, -0.25) is 0 Å². The lowest BCUT2D eigenvalue weighted by molar-refractivity contribution is 0.506. The molecule has 0 aliphatic rings. The van der Waals surface area contributed by atoms with Gasteiger partial charge in [-0.2, -0.15) is 0 Å². The minimum Gasteiger partial charge on any atom is -0.126 e. The van der Waals surface area contributed by atoms with E-state index in [9.17, 15) is 0 Å². The highest BCUT2D eigenvalue weighted by molar-refractivity contribution is 6.31. The molecule has 0 N–H and O–H groups in total. The van der Waals surface area contributed by atoms with Crippen molar-refractivity contribution in [2.24, 2.45) is 5.92 Å². The lowest BCUT2D eigenvalue weighted by Gasteiger charge is -2.25. The summed E-state index contributed by atoms with van der Waals surface area (Å²) in [5, 5.41) is 0.885. The molecule has 0 nitrogen and oxygen atoms in total. The van der Waals surface area contributed by atoms with E-state index < -0.39 is 0 Å². The quantitative estimate of drug-likeness (QED) is 0.626. The SMILES string of the molecule is CCC(C)(C)c1ccc(CC(C)CCl)cc1Cl. The fourth-order valence-electron chi connectivity index (χ4n) is 1.88. The van der Waals surface area contributed by atoms with Gasteiger partial charge in [0.25, 0.3) is 0 Å². The van der Waals surface area contributed by atoms with Crippen LogP contribution in [-0.4, -0.2) is 5.88 Å². The number of hydrogen-bond donors (Lipinski definition) is 0. The summed E-state index contributed by atoms with van der Waals surface area (Å²) in [5.74, 6) is 1.19. The van der Waals surface area contributed by atoms with Crippen LogP contribution in [-0.2, 0) is 11.8 Å². The smallest absolute Gasteiger partial charge is 0.0446 e. The first-order valence-corrected chi connectivity index (χ1v) is 7.16. The van der Waals surface area contributed by atoms with E-state index in [-0.39, 0.29) is 5.41 Å². The van der Waals surface area contributed by atoms with E-state index in [0.717, 1.165) is 17.9 Å². The largest absolute Gasteiger partial charge is 0.126 e. The maximum absolute atomic E-state index is 6.39. The van der Waals surface area contributed by atoms with E-state index >= 15 is 0 Å². The van der Waals surface area contributed by atoms with E-state index in [0.29, 0.717) is 11.8 Å². The summed E-state index contributed by atoms with van der Waals surface area (Å²) in [4.78, 5) is 0. The van der Waals surface area contributed by atoms with Crippen LogP contribution in [0.1, 0.15) is 45.2 Å². The molecule has 1 rings (SSSR count). The number of hydrogen-bond acceptors (Lipinski definition) is 0. The molecular weight excluding hydrogens is 251 g/mol. The van der Waals surface area contributed by atoms with Gasteiger partial charge in [0.2, 0.25) is 0 Å². The third-order valence-corrected chi connectivity index (χ3v) is 4.33. The first-order chi connectivity index (χ1) is 7.90. The van der Waals surface area contributed by atoms with E-state index in [1.807, 2.05) is 0 Å². The van der Waals surface area contributed by atoms with E-state index in [2.05, 4.69) is 45.9 Å². The Morgan fingerprint density at radius 1 is 1.29 bits per heavy atom. The van der Waals surface area contributed by atoms with Crippen molar-refractivity contribution >= 4 is 23.2 Å². The third-order valence-electron chi connectivity index (χ3n) is 3.49. The van der Waals surface area contributed by atoms with Crippen LogP contribution in [0.25, 0.3) is 0 Å². The minimum absolute atomic E-state index is 0.147. The van der Waals surface area contributed by atoms with Crippen molar-refractivity contribution in [3.05, 3.63) is 34.3 Å². The highest BCUT2D eigenvalue weighted by Crippen LogP contribution is 2.33. The van der Waals surface area contributed by atoms with E-state index in [1.165, 1.54) is 11.1 Å². The van der Waals surface area contributed by atoms with Crippen LogP contribution < -0.4 is 0 Å². The Labute approximate surface area is 115 Å². The second kappa shape index (κ2) is 6.11. The molecule has 0 aromatic heterocycles. The monoisotopic (exact) mass is 272 g/mol. The third kappa shape index (κ3) is 3.89. The number of rotatable bonds is 5. The van der Waals surface area contributed by atoms with Gasteiger partial charge in [0, 0.05) is 10.9 Å². The molecule has 0 saturated carbocycles. The Morgan fingerprint density at radius 2 is 1.94 bits per heavy atom. The van der Waals surface area contributed by atoms with E-state index in [1.54, 1.807) is 0 Å². The second-order valence-corrected chi connectivity index (χ2v) is 6.23. The van der Waals surface area contributed by atoms with Crippen LogP contribution in [0, 0.1) is 5.92 Å². The molecule has 1 aromatic rings. The van der Waals surface area contributed by atoms with Crippen LogP contribution in [0.4, 0.5) is 0 Å². The van der Waals surface area contributed by atoms with Crippen LogP contribution in [0.15, 0.2) is 18.2 Å². The number of benzene rings is 1. The predicted molar refractivity (Wildman–Crippen MR) is 78.4 cm³/mol. The van der Waals surface area contributed by atoms with Gasteiger partial charge >= 0.3 is 0 Å². The molecule has 0 saturated heterocycles. The van der Waals surface area contributed by atoms with Crippen LogP contribution >= 0.6 is 23.2 Å². The molecule has 0 fully saturated rings. The first-order valence-electron chi connectivity index (χ1n) is 6.25. The van der Waals surface area contributed by atoms with Gasteiger partial charge in [-0.15, -0.1) is 11.6 Å². The van der Waals surface area contributed by atoms with Crippen molar-refractivity contribution in [2.45, 2.75) is 46.0 Å². The van der Waals surface area contributed by atoms with Gasteiger partial charge in [-0.1, -0.05) is 51.4 Å². The van der Waals surface area contributed by atoms with Crippen molar-refractivity contribution < 1.29 is 0 Å². The lowest BCUT2D eigenvalue weighted by atomic mass is 9.81. The molecule has 0 spiro atoms. The van der Waals surface area contributed by atoms with Crippen molar-refractivity contribution in [3.63, 3.8) is 0 Å². The summed E-state index contributed by atoms with van der Waals surface area (Å²) in [5.41, 5.74) is 2.66. The fourth-order valence-corrected chi connectivity index (χ4v) is 2.45. The fraction of sp³-hybridized carbons (Fsp3) is 0.600. The molecule has 96 valence electrons. The highest BCUT2D eigenvalue weighted by atomic mass is 35.5. The summed E-state index contributed by atoms with van der Waals surface area (Å²) in [6.45, 7) is 8.81.